The fourth-order valence-corrected chi connectivity index (χ4v) is 1.83. The Hall–Kier alpha value is -1.13. The highest BCUT2D eigenvalue weighted by atomic mass is 32.2. The molecule has 0 heterocycles. The molecule has 1 rings (SSSR count). The lowest BCUT2D eigenvalue weighted by atomic mass is 10.1. The average Bonchev–Trinajstić information content (AvgIpc) is 2.19. The lowest BCUT2D eigenvalue weighted by Gasteiger charge is -2.12. The summed E-state index contributed by atoms with van der Waals surface area (Å²) >= 11 is 0. The van der Waals surface area contributed by atoms with Crippen molar-refractivity contribution in [2.24, 2.45) is 0 Å². The van der Waals surface area contributed by atoms with Gasteiger partial charge >= 0.3 is 0 Å². The Kier molecular flexibility index (Phi) is 3.43. The molecule has 1 unspecified atom stereocenters. The van der Waals surface area contributed by atoms with Crippen molar-refractivity contribution in [3.8, 4) is 0 Å². The molecule has 1 N–H and O–H groups in total. The molecular weight excluding hydrogens is 198 g/mol. The molecule has 0 spiro atoms. The molecule has 0 amide bonds. The molecule has 0 fully saturated rings. The number of sulfonamides is 1. The Bertz CT molecular complexity index is 397. The summed E-state index contributed by atoms with van der Waals surface area (Å²) in [4.78, 5) is 0. The SMILES string of the molecule is C=CS(=O)(=O)NC(C)c1ccccc1. The van der Waals surface area contributed by atoms with E-state index >= 15 is 0 Å². The van der Waals surface area contributed by atoms with Gasteiger partial charge < -0.3 is 0 Å². The van der Waals surface area contributed by atoms with E-state index < -0.39 is 10.0 Å². The van der Waals surface area contributed by atoms with E-state index in [1.807, 2.05) is 30.3 Å². The van der Waals surface area contributed by atoms with Crippen molar-refractivity contribution in [2.45, 2.75) is 13.0 Å². The first kappa shape index (κ1) is 10.9. The van der Waals surface area contributed by atoms with Gasteiger partial charge in [0.1, 0.15) is 0 Å². The van der Waals surface area contributed by atoms with Gasteiger partial charge in [0.15, 0.2) is 0 Å². The lowest BCUT2D eigenvalue weighted by molar-refractivity contribution is 0.576. The normalized spacial score (nSPS) is 13.5. The van der Waals surface area contributed by atoms with Crippen LogP contribution in [0.4, 0.5) is 0 Å². The Labute approximate surface area is 84.5 Å². The molecule has 3 nitrogen and oxygen atoms in total. The highest BCUT2D eigenvalue weighted by Crippen LogP contribution is 2.12. The second-order valence-electron chi connectivity index (χ2n) is 2.96. The zero-order valence-corrected chi connectivity index (χ0v) is 8.79. The maximum absolute atomic E-state index is 11.2. The van der Waals surface area contributed by atoms with Crippen LogP contribution in [0.3, 0.4) is 0 Å². The molecule has 0 aromatic heterocycles. The Morgan fingerprint density at radius 1 is 1.36 bits per heavy atom. The molecule has 76 valence electrons. The smallest absolute Gasteiger partial charge is 0.208 e. The summed E-state index contributed by atoms with van der Waals surface area (Å²) in [6.45, 7) is 5.02. The van der Waals surface area contributed by atoms with Crippen molar-refractivity contribution in [1.29, 1.82) is 0 Å². The van der Waals surface area contributed by atoms with E-state index in [9.17, 15) is 8.42 Å². The van der Waals surface area contributed by atoms with E-state index in [-0.39, 0.29) is 6.04 Å². The third-order valence-electron chi connectivity index (χ3n) is 1.86. The maximum atomic E-state index is 11.2. The van der Waals surface area contributed by atoms with Crippen molar-refractivity contribution < 1.29 is 8.42 Å². The standard InChI is InChI=1S/C10H13NO2S/c1-3-14(12,13)11-9(2)10-7-5-4-6-8-10/h3-9,11H,1H2,2H3. The molecule has 0 aliphatic carbocycles. The zero-order valence-electron chi connectivity index (χ0n) is 7.97. The highest BCUT2D eigenvalue weighted by Gasteiger charge is 2.11. The van der Waals surface area contributed by atoms with Crippen LogP contribution in [-0.2, 0) is 10.0 Å². The molecule has 4 heteroatoms. The van der Waals surface area contributed by atoms with Crippen LogP contribution in [0.25, 0.3) is 0 Å². The summed E-state index contributed by atoms with van der Waals surface area (Å²) in [5.74, 6) is 0. The second kappa shape index (κ2) is 4.39. The summed E-state index contributed by atoms with van der Waals surface area (Å²) in [6.07, 6.45) is 0. The first-order valence-corrected chi connectivity index (χ1v) is 5.79. The van der Waals surface area contributed by atoms with Gasteiger partial charge in [-0.3, -0.25) is 0 Å². The number of hydrogen-bond acceptors (Lipinski definition) is 2. The van der Waals surface area contributed by atoms with Crippen molar-refractivity contribution in [3.05, 3.63) is 47.9 Å². The largest absolute Gasteiger partial charge is 0.233 e. The van der Waals surface area contributed by atoms with Crippen LogP contribution >= 0.6 is 0 Å². The lowest BCUT2D eigenvalue weighted by Crippen LogP contribution is -2.24. The van der Waals surface area contributed by atoms with E-state index in [4.69, 9.17) is 0 Å². The van der Waals surface area contributed by atoms with Gasteiger partial charge in [0.2, 0.25) is 10.0 Å². The first-order chi connectivity index (χ1) is 6.55. The number of benzene rings is 1. The minimum absolute atomic E-state index is 0.237. The maximum Gasteiger partial charge on any atom is 0.233 e. The van der Waals surface area contributed by atoms with Gasteiger partial charge in [-0.1, -0.05) is 36.9 Å². The molecule has 1 aromatic rings. The van der Waals surface area contributed by atoms with Gasteiger partial charge in [-0.25, -0.2) is 13.1 Å². The van der Waals surface area contributed by atoms with Crippen LogP contribution in [0, 0.1) is 0 Å². The first-order valence-electron chi connectivity index (χ1n) is 4.25. The third-order valence-corrected chi connectivity index (χ3v) is 2.98. The summed E-state index contributed by atoms with van der Waals surface area (Å²) in [6, 6.07) is 9.13. The van der Waals surface area contributed by atoms with Crippen LogP contribution in [-0.4, -0.2) is 8.42 Å². The van der Waals surface area contributed by atoms with Gasteiger partial charge in [0.25, 0.3) is 0 Å². The van der Waals surface area contributed by atoms with Crippen LogP contribution in [0.5, 0.6) is 0 Å². The molecule has 1 aromatic carbocycles. The highest BCUT2D eigenvalue weighted by molar-refractivity contribution is 7.92. The molecule has 14 heavy (non-hydrogen) atoms. The Morgan fingerprint density at radius 3 is 2.43 bits per heavy atom. The van der Waals surface area contributed by atoms with E-state index in [2.05, 4.69) is 11.3 Å². The van der Waals surface area contributed by atoms with Crippen molar-refractivity contribution in [3.63, 3.8) is 0 Å². The van der Waals surface area contributed by atoms with Crippen LogP contribution in [0.15, 0.2) is 42.3 Å². The fraction of sp³-hybridized carbons (Fsp3) is 0.200. The van der Waals surface area contributed by atoms with Gasteiger partial charge in [-0.05, 0) is 12.5 Å². The predicted octanol–water partition coefficient (Wildman–Crippen LogP) is 1.81. The summed E-state index contributed by atoms with van der Waals surface area (Å²) in [7, 11) is -3.35. The summed E-state index contributed by atoms with van der Waals surface area (Å²) in [5, 5.41) is 0.909. The number of nitrogens with one attached hydrogen (secondary N) is 1. The second-order valence-corrected chi connectivity index (χ2v) is 4.62. The molecule has 0 saturated heterocycles. The number of hydrogen-bond donors (Lipinski definition) is 1. The molecule has 0 aliphatic rings. The molecule has 0 saturated carbocycles. The predicted molar refractivity (Wildman–Crippen MR) is 57.1 cm³/mol. The molecule has 0 radical (unpaired) electrons. The van der Waals surface area contributed by atoms with Gasteiger partial charge in [-0.15, -0.1) is 0 Å². The average molecular weight is 211 g/mol. The van der Waals surface area contributed by atoms with Crippen molar-refractivity contribution in [1.82, 2.24) is 4.72 Å². The van der Waals surface area contributed by atoms with Gasteiger partial charge in [0.05, 0.1) is 0 Å². The number of rotatable bonds is 4. The van der Waals surface area contributed by atoms with Crippen LogP contribution < -0.4 is 4.72 Å². The summed E-state index contributed by atoms with van der Waals surface area (Å²) < 4.78 is 24.8. The third kappa shape index (κ3) is 2.97. The van der Waals surface area contributed by atoms with E-state index in [1.165, 1.54) is 0 Å². The van der Waals surface area contributed by atoms with Gasteiger partial charge in [0, 0.05) is 11.4 Å². The van der Waals surface area contributed by atoms with E-state index in [0.29, 0.717) is 0 Å². The molecule has 0 bridgehead atoms. The minimum Gasteiger partial charge on any atom is -0.208 e. The Balaban J connectivity index is 2.78. The Morgan fingerprint density at radius 2 is 1.93 bits per heavy atom. The monoisotopic (exact) mass is 211 g/mol. The quantitative estimate of drug-likeness (QED) is 0.825. The van der Waals surface area contributed by atoms with Crippen LogP contribution in [0.2, 0.25) is 0 Å². The topological polar surface area (TPSA) is 46.2 Å². The van der Waals surface area contributed by atoms with Crippen molar-refractivity contribution >= 4 is 10.0 Å². The summed E-state index contributed by atoms with van der Waals surface area (Å²) in [5.41, 5.74) is 0.929. The van der Waals surface area contributed by atoms with Crippen molar-refractivity contribution in [2.75, 3.05) is 0 Å². The minimum atomic E-state index is -3.35. The van der Waals surface area contributed by atoms with E-state index in [0.717, 1.165) is 11.0 Å². The van der Waals surface area contributed by atoms with E-state index in [1.54, 1.807) is 6.92 Å². The van der Waals surface area contributed by atoms with Gasteiger partial charge in [-0.2, -0.15) is 0 Å². The molecule has 0 aliphatic heterocycles. The van der Waals surface area contributed by atoms with Crippen LogP contribution in [0.1, 0.15) is 18.5 Å². The molecular formula is C10H13NO2S. The fourth-order valence-electron chi connectivity index (χ4n) is 1.10. The molecule has 1 atom stereocenters. The zero-order chi connectivity index (χ0) is 10.6.